The second-order valence-electron chi connectivity index (χ2n) is 11.4. The Balaban J connectivity index is 1.74. The molecule has 1 fully saturated rings. The number of phenolic OH excluding ortho intramolecular Hbond substituents is 1. The first-order valence-corrected chi connectivity index (χ1v) is 12.5. The SMILES string of the molecule is C=C(C)C1Cc2c(oc3c(CC=C(C)C)c4c(c(O)c3c2=O)C=CC(C)(C)O4)C23OC12C(=O)C(O)=CC3=O. The molecule has 8 heteroatoms. The van der Waals surface area contributed by atoms with Crippen molar-refractivity contribution < 1.29 is 33.7 Å². The van der Waals surface area contributed by atoms with E-state index in [0.717, 1.165) is 11.6 Å². The van der Waals surface area contributed by atoms with E-state index in [-0.39, 0.29) is 34.5 Å². The summed E-state index contributed by atoms with van der Waals surface area (Å²) in [5.74, 6) is -2.85. The number of aliphatic hydroxyl groups is 1. The Kier molecular flexibility index (Phi) is 4.72. The number of hydrogen-bond acceptors (Lipinski definition) is 8. The molecule has 2 aromatic rings. The molecule has 6 rings (SSSR count). The highest BCUT2D eigenvalue weighted by atomic mass is 16.7. The van der Waals surface area contributed by atoms with E-state index in [4.69, 9.17) is 13.9 Å². The molecule has 3 heterocycles. The average molecular weight is 517 g/mol. The molecule has 2 N–H and O–H groups in total. The molecule has 1 saturated heterocycles. The molecular formula is C30H28O8. The number of ketones is 2. The van der Waals surface area contributed by atoms with Crippen molar-refractivity contribution in [2.45, 2.75) is 64.3 Å². The standard InChI is InChI=1S/C30H28O8/c1-13(2)7-8-16-24-15(9-10-28(5,6)37-24)22(33)21-23(34)17-11-18(14(3)4)29-26(35)19(31)12-20(32)30(29,38-29)27(17)36-25(16)21/h7,9-10,12,18,31,33H,3,8,11H2,1-2,4-6H3. The number of rotatable bonds is 3. The van der Waals surface area contributed by atoms with Crippen LogP contribution in [0.5, 0.6) is 11.5 Å². The van der Waals surface area contributed by atoms with Crippen molar-refractivity contribution in [3.8, 4) is 11.5 Å². The van der Waals surface area contributed by atoms with Gasteiger partial charge in [-0.25, -0.2) is 0 Å². The molecule has 0 spiro atoms. The first kappa shape index (κ1) is 24.4. The van der Waals surface area contributed by atoms with Gasteiger partial charge in [-0.3, -0.25) is 14.4 Å². The fraction of sp³-hybridized carbons (Fsp3) is 0.367. The van der Waals surface area contributed by atoms with E-state index in [1.165, 1.54) is 0 Å². The molecule has 0 radical (unpaired) electrons. The Morgan fingerprint density at radius 2 is 1.89 bits per heavy atom. The van der Waals surface area contributed by atoms with E-state index in [0.29, 0.717) is 28.9 Å². The smallest absolute Gasteiger partial charge is 0.233 e. The number of epoxide rings is 1. The summed E-state index contributed by atoms with van der Waals surface area (Å²) in [6, 6.07) is 0. The first-order valence-electron chi connectivity index (χ1n) is 12.5. The maximum Gasteiger partial charge on any atom is 0.233 e. The summed E-state index contributed by atoms with van der Waals surface area (Å²) < 4.78 is 18.7. The highest BCUT2D eigenvalue weighted by Gasteiger charge is 2.87. The van der Waals surface area contributed by atoms with Gasteiger partial charge in [-0.2, -0.15) is 0 Å². The number of aliphatic hydroxyl groups excluding tert-OH is 1. The third-order valence-electron chi connectivity index (χ3n) is 8.02. The number of aromatic hydroxyl groups is 1. The van der Waals surface area contributed by atoms with Gasteiger partial charge in [0, 0.05) is 23.1 Å². The van der Waals surface area contributed by atoms with E-state index in [2.05, 4.69) is 6.58 Å². The van der Waals surface area contributed by atoms with Crippen LogP contribution in [0, 0.1) is 5.92 Å². The number of allylic oxidation sites excluding steroid dienone is 2. The van der Waals surface area contributed by atoms with E-state index >= 15 is 0 Å². The Morgan fingerprint density at radius 1 is 1.18 bits per heavy atom. The Morgan fingerprint density at radius 3 is 2.55 bits per heavy atom. The Labute approximate surface area is 218 Å². The summed E-state index contributed by atoms with van der Waals surface area (Å²) in [4.78, 5) is 40.8. The molecule has 4 aliphatic rings. The second-order valence-corrected chi connectivity index (χ2v) is 11.4. The molecule has 0 saturated carbocycles. The Hall–Kier alpha value is -3.91. The minimum Gasteiger partial charge on any atom is -0.506 e. The van der Waals surface area contributed by atoms with E-state index < -0.39 is 45.5 Å². The van der Waals surface area contributed by atoms with Gasteiger partial charge in [0.2, 0.25) is 17.2 Å². The summed E-state index contributed by atoms with van der Waals surface area (Å²) >= 11 is 0. The summed E-state index contributed by atoms with van der Waals surface area (Å²) in [6.07, 6.45) is 6.64. The van der Waals surface area contributed by atoms with Crippen LogP contribution in [-0.4, -0.2) is 33.0 Å². The fourth-order valence-electron chi connectivity index (χ4n) is 6.13. The number of hydrogen-bond donors (Lipinski definition) is 2. The van der Waals surface area contributed by atoms with Crippen LogP contribution in [0.15, 0.2) is 50.9 Å². The van der Waals surface area contributed by atoms with Gasteiger partial charge in [0.15, 0.2) is 22.5 Å². The minimum absolute atomic E-state index is 0.00378. The summed E-state index contributed by atoms with van der Waals surface area (Å²) in [6.45, 7) is 13.3. The van der Waals surface area contributed by atoms with Crippen LogP contribution in [0.4, 0.5) is 0 Å². The summed E-state index contributed by atoms with van der Waals surface area (Å²) in [5.41, 5.74) is -2.16. The lowest BCUT2D eigenvalue weighted by Gasteiger charge is -2.34. The largest absolute Gasteiger partial charge is 0.506 e. The van der Waals surface area contributed by atoms with Crippen LogP contribution < -0.4 is 10.2 Å². The number of ether oxygens (including phenoxy) is 2. The van der Waals surface area contributed by atoms with Crippen LogP contribution >= 0.6 is 0 Å². The third kappa shape index (κ3) is 2.81. The molecular weight excluding hydrogens is 488 g/mol. The van der Waals surface area contributed by atoms with Gasteiger partial charge >= 0.3 is 0 Å². The van der Waals surface area contributed by atoms with Crippen molar-refractivity contribution in [2.75, 3.05) is 0 Å². The predicted octanol–water partition coefficient (Wildman–Crippen LogP) is 4.50. The number of Topliss-reactive ketones (excluding diaryl/α,β-unsaturated/α-hetero) is 1. The maximum absolute atomic E-state index is 14.1. The molecule has 0 amide bonds. The Bertz CT molecular complexity index is 1680. The lowest BCUT2D eigenvalue weighted by molar-refractivity contribution is -0.128. The van der Waals surface area contributed by atoms with Crippen molar-refractivity contribution in [3.63, 3.8) is 0 Å². The van der Waals surface area contributed by atoms with Gasteiger partial charge in [0.25, 0.3) is 0 Å². The third-order valence-corrected chi connectivity index (χ3v) is 8.02. The molecule has 3 unspecified atom stereocenters. The molecule has 1 aromatic carbocycles. The average Bonchev–Trinajstić information content (AvgIpc) is 3.55. The highest BCUT2D eigenvalue weighted by molar-refractivity contribution is 6.20. The van der Waals surface area contributed by atoms with Crippen LogP contribution in [0.25, 0.3) is 17.0 Å². The highest BCUT2D eigenvalue weighted by Crippen LogP contribution is 2.68. The lowest BCUT2D eigenvalue weighted by atomic mass is 9.63. The molecule has 3 atom stereocenters. The molecule has 38 heavy (non-hydrogen) atoms. The van der Waals surface area contributed by atoms with Crippen molar-refractivity contribution in [1.82, 2.24) is 0 Å². The second kappa shape index (κ2) is 7.35. The molecule has 1 aromatic heterocycles. The number of fused-ring (bicyclic) bond motifs is 3. The van der Waals surface area contributed by atoms with Gasteiger partial charge in [-0.1, -0.05) is 23.8 Å². The molecule has 2 aliphatic carbocycles. The van der Waals surface area contributed by atoms with Gasteiger partial charge < -0.3 is 24.1 Å². The molecule has 0 bridgehead atoms. The van der Waals surface area contributed by atoms with E-state index in [9.17, 15) is 24.6 Å². The van der Waals surface area contributed by atoms with Gasteiger partial charge in [-0.15, -0.1) is 0 Å². The van der Waals surface area contributed by atoms with Crippen molar-refractivity contribution in [3.05, 3.63) is 74.4 Å². The van der Waals surface area contributed by atoms with Crippen molar-refractivity contribution in [2.24, 2.45) is 5.92 Å². The normalized spacial score (nSPS) is 27.9. The minimum atomic E-state index is -1.89. The van der Waals surface area contributed by atoms with Gasteiger partial charge in [0.1, 0.15) is 28.1 Å². The van der Waals surface area contributed by atoms with Crippen LogP contribution in [0.1, 0.15) is 57.1 Å². The monoisotopic (exact) mass is 516 g/mol. The van der Waals surface area contributed by atoms with Gasteiger partial charge in [0.05, 0.1) is 5.56 Å². The summed E-state index contributed by atoms with van der Waals surface area (Å²) in [7, 11) is 0. The zero-order valence-electron chi connectivity index (χ0n) is 21.9. The number of benzene rings is 1. The van der Waals surface area contributed by atoms with Gasteiger partial charge in [-0.05, 0) is 59.6 Å². The fourth-order valence-corrected chi connectivity index (χ4v) is 6.13. The van der Waals surface area contributed by atoms with E-state index in [1.54, 1.807) is 19.1 Å². The predicted molar refractivity (Wildman–Crippen MR) is 139 cm³/mol. The lowest BCUT2D eigenvalue weighted by Crippen LogP contribution is -2.51. The molecule has 8 nitrogen and oxygen atoms in total. The quantitative estimate of drug-likeness (QED) is 0.451. The first-order chi connectivity index (χ1) is 17.8. The zero-order valence-corrected chi connectivity index (χ0v) is 21.9. The number of carbonyl (C=O) groups excluding carboxylic acids is 2. The molecule has 196 valence electrons. The number of phenols is 1. The van der Waals surface area contributed by atoms with Crippen LogP contribution in [-0.2, 0) is 32.8 Å². The van der Waals surface area contributed by atoms with Crippen LogP contribution in [0.3, 0.4) is 0 Å². The van der Waals surface area contributed by atoms with Crippen molar-refractivity contribution in [1.29, 1.82) is 0 Å². The maximum atomic E-state index is 14.1. The topological polar surface area (TPSA) is 127 Å². The van der Waals surface area contributed by atoms with E-state index in [1.807, 2.05) is 33.8 Å². The summed E-state index contributed by atoms with van der Waals surface area (Å²) in [5, 5.41) is 21.6. The number of carbonyl (C=O) groups is 2. The van der Waals surface area contributed by atoms with Crippen molar-refractivity contribution >= 4 is 28.6 Å². The van der Waals surface area contributed by atoms with Crippen LogP contribution in [0.2, 0.25) is 0 Å². The zero-order chi connectivity index (χ0) is 27.5. The molecule has 2 aliphatic heterocycles.